The molecule has 2 aromatic rings. The monoisotopic (exact) mass is 280 g/mol. The van der Waals surface area contributed by atoms with E-state index in [0.29, 0.717) is 12.3 Å². The third kappa shape index (κ3) is 3.54. The number of benzene rings is 2. The van der Waals surface area contributed by atoms with E-state index in [1.165, 1.54) is 6.07 Å². The highest BCUT2D eigenvalue weighted by Gasteiger charge is 2.13. The van der Waals surface area contributed by atoms with Gasteiger partial charge in [-0.05, 0) is 36.6 Å². The molecule has 0 aliphatic carbocycles. The number of aryl methyl sites for hydroxylation is 1. The third-order valence-corrected chi connectivity index (χ3v) is 3.54. The summed E-state index contributed by atoms with van der Waals surface area (Å²) in [5.74, 6) is -1.08. The van der Waals surface area contributed by atoms with Crippen LogP contribution in [0.3, 0.4) is 0 Å². The summed E-state index contributed by atoms with van der Waals surface area (Å²) in [5.41, 5.74) is 3.05. The molecule has 0 fully saturated rings. The topological polar surface area (TPSA) is 0 Å². The number of hydrogen-bond donors (Lipinski definition) is 0. The van der Waals surface area contributed by atoms with Gasteiger partial charge in [-0.15, -0.1) is 11.6 Å². The van der Waals surface area contributed by atoms with Gasteiger partial charge < -0.3 is 0 Å². The van der Waals surface area contributed by atoms with Crippen molar-refractivity contribution in [3.63, 3.8) is 0 Å². The van der Waals surface area contributed by atoms with Crippen LogP contribution in [0.1, 0.15) is 22.6 Å². The minimum atomic E-state index is -0.818. The maximum Gasteiger partial charge on any atom is 0.159 e. The van der Waals surface area contributed by atoms with E-state index in [1.54, 1.807) is 6.07 Å². The molecule has 0 N–H and O–H groups in total. The number of halogens is 3. The number of rotatable bonds is 4. The molecule has 0 nitrogen and oxygen atoms in total. The van der Waals surface area contributed by atoms with Crippen molar-refractivity contribution in [2.75, 3.05) is 5.88 Å². The fourth-order valence-electron chi connectivity index (χ4n) is 2.14. The molecule has 0 aliphatic rings. The first-order chi connectivity index (χ1) is 9.10. The van der Waals surface area contributed by atoms with Crippen LogP contribution in [0.4, 0.5) is 8.78 Å². The first-order valence-corrected chi connectivity index (χ1v) is 6.70. The lowest BCUT2D eigenvalue weighted by molar-refractivity contribution is 0.506. The Morgan fingerprint density at radius 3 is 2.47 bits per heavy atom. The van der Waals surface area contributed by atoms with Crippen molar-refractivity contribution in [2.24, 2.45) is 0 Å². The van der Waals surface area contributed by atoms with Gasteiger partial charge in [0.05, 0.1) is 0 Å². The summed E-state index contributed by atoms with van der Waals surface area (Å²) in [6.45, 7) is 2.02. The molecule has 0 saturated heterocycles. The van der Waals surface area contributed by atoms with Gasteiger partial charge in [0.15, 0.2) is 11.6 Å². The van der Waals surface area contributed by atoms with Crippen LogP contribution in [0.15, 0.2) is 42.5 Å². The van der Waals surface area contributed by atoms with Crippen LogP contribution >= 0.6 is 11.6 Å². The Bertz CT molecular complexity index is 566. The molecule has 2 rings (SSSR count). The standard InChI is InChI=1S/C16H15ClF2/c1-11-3-2-4-13(7-11)14(10-17)8-12-5-6-15(18)16(19)9-12/h2-7,9,14H,8,10H2,1H3. The fourth-order valence-corrected chi connectivity index (χ4v) is 2.42. The minimum absolute atomic E-state index is 0.103. The summed E-state index contributed by atoms with van der Waals surface area (Å²) in [4.78, 5) is 0. The van der Waals surface area contributed by atoms with E-state index in [2.05, 4.69) is 6.07 Å². The van der Waals surface area contributed by atoms with E-state index in [-0.39, 0.29) is 5.92 Å². The molecular formula is C16H15ClF2. The summed E-state index contributed by atoms with van der Waals surface area (Å²) in [7, 11) is 0. The average molecular weight is 281 g/mol. The third-order valence-electron chi connectivity index (χ3n) is 3.17. The number of alkyl halides is 1. The number of hydrogen-bond acceptors (Lipinski definition) is 0. The van der Waals surface area contributed by atoms with Gasteiger partial charge >= 0.3 is 0 Å². The highest BCUT2D eigenvalue weighted by atomic mass is 35.5. The van der Waals surface area contributed by atoms with Crippen molar-refractivity contribution >= 4 is 11.6 Å². The maximum atomic E-state index is 13.2. The van der Waals surface area contributed by atoms with Crippen molar-refractivity contribution in [2.45, 2.75) is 19.3 Å². The molecule has 0 heterocycles. The zero-order valence-electron chi connectivity index (χ0n) is 10.7. The molecule has 1 unspecified atom stereocenters. The van der Waals surface area contributed by atoms with Gasteiger partial charge in [0.2, 0.25) is 0 Å². The van der Waals surface area contributed by atoms with E-state index in [9.17, 15) is 8.78 Å². The van der Waals surface area contributed by atoms with E-state index in [1.807, 2.05) is 25.1 Å². The average Bonchev–Trinajstić information content (AvgIpc) is 2.40. The fraction of sp³-hybridized carbons (Fsp3) is 0.250. The van der Waals surface area contributed by atoms with Crippen molar-refractivity contribution < 1.29 is 8.78 Å². The van der Waals surface area contributed by atoms with E-state index < -0.39 is 11.6 Å². The smallest absolute Gasteiger partial charge is 0.159 e. The molecule has 0 amide bonds. The van der Waals surface area contributed by atoms with Gasteiger partial charge in [0, 0.05) is 11.8 Å². The van der Waals surface area contributed by atoms with Crippen LogP contribution in [0.5, 0.6) is 0 Å². The molecular weight excluding hydrogens is 266 g/mol. The van der Waals surface area contributed by atoms with E-state index in [4.69, 9.17) is 11.6 Å². The Labute approximate surface area is 117 Å². The largest absolute Gasteiger partial charge is 0.204 e. The summed E-state index contributed by atoms with van der Waals surface area (Å²) in [6.07, 6.45) is 0.601. The Morgan fingerprint density at radius 1 is 1.05 bits per heavy atom. The molecule has 0 radical (unpaired) electrons. The maximum absolute atomic E-state index is 13.2. The predicted molar refractivity (Wildman–Crippen MR) is 74.7 cm³/mol. The molecule has 0 aliphatic heterocycles. The lowest BCUT2D eigenvalue weighted by Crippen LogP contribution is -2.05. The lowest BCUT2D eigenvalue weighted by Gasteiger charge is -2.15. The molecule has 100 valence electrons. The van der Waals surface area contributed by atoms with Crippen molar-refractivity contribution in [1.29, 1.82) is 0 Å². The van der Waals surface area contributed by atoms with Gasteiger partial charge in [0.1, 0.15) is 0 Å². The van der Waals surface area contributed by atoms with Gasteiger partial charge in [0.25, 0.3) is 0 Å². The van der Waals surface area contributed by atoms with Crippen LogP contribution in [-0.2, 0) is 6.42 Å². The van der Waals surface area contributed by atoms with Gasteiger partial charge in [-0.1, -0.05) is 35.9 Å². The van der Waals surface area contributed by atoms with Gasteiger partial charge in [-0.3, -0.25) is 0 Å². The summed E-state index contributed by atoms with van der Waals surface area (Å²) >= 11 is 6.01. The molecule has 0 aromatic heterocycles. The van der Waals surface area contributed by atoms with Crippen LogP contribution in [0.25, 0.3) is 0 Å². The Morgan fingerprint density at radius 2 is 1.84 bits per heavy atom. The second kappa shape index (κ2) is 6.16. The minimum Gasteiger partial charge on any atom is -0.204 e. The van der Waals surface area contributed by atoms with Crippen molar-refractivity contribution in [3.05, 3.63) is 70.8 Å². The second-order valence-electron chi connectivity index (χ2n) is 4.72. The van der Waals surface area contributed by atoms with Crippen LogP contribution in [0, 0.1) is 18.6 Å². The Hall–Kier alpha value is -1.41. The zero-order valence-corrected chi connectivity index (χ0v) is 11.4. The SMILES string of the molecule is Cc1cccc(C(CCl)Cc2ccc(F)c(F)c2)c1. The van der Waals surface area contributed by atoms with Crippen LogP contribution in [0.2, 0.25) is 0 Å². The zero-order chi connectivity index (χ0) is 13.8. The molecule has 0 saturated carbocycles. The highest BCUT2D eigenvalue weighted by Crippen LogP contribution is 2.24. The van der Waals surface area contributed by atoms with E-state index in [0.717, 1.165) is 22.8 Å². The summed E-state index contributed by atoms with van der Waals surface area (Å²) in [5, 5.41) is 0. The summed E-state index contributed by atoms with van der Waals surface area (Å²) < 4.78 is 26.1. The van der Waals surface area contributed by atoms with Gasteiger partial charge in [-0.25, -0.2) is 8.78 Å². The van der Waals surface area contributed by atoms with Crippen molar-refractivity contribution in [3.8, 4) is 0 Å². The molecule has 1 atom stereocenters. The molecule has 2 aromatic carbocycles. The first-order valence-electron chi connectivity index (χ1n) is 6.16. The molecule has 3 heteroatoms. The lowest BCUT2D eigenvalue weighted by atomic mass is 9.92. The normalized spacial score (nSPS) is 12.4. The van der Waals surface area contributed by atoms with E-state index >= 15 is 0 Å². The Kier molecular flexibility index (Phi) is 4.54. The predicted octanol–water partition coefficient (Wildman–Crippen LogP) is 4.84. The molecule has 0 bridgehead atoms. The van der Waals surface area contributed by atoms with Crippen LogP contribution in [-0.4, -0.2) is 5.88 Å². The van der Waals surface area contributed by atoms with Crippen LogP contribution < -0.4 is 0 Å². The first kappa shape index (κ1) is 14.0. The Balaban J connectivity index is 2.21. The quantitative estimate of drug-likeness (QED) is 0.703. The summed E-state index contributed by atoms with van der Waals surface area (Å²) in [6, 6.07) is 12.1. The highest BCUT2D eigenvalue weighted by molar-refractivity contribution is 6.18. The molecule has 0 spiro atoms. The molecule has 19 heavy (non-hydrogen) atoms. The second-order valence-corrected chi connectivity index (χ2v) is 5.03. The van der Waals surface area contributed by atoms with Gasteiger partial charge in [-0.2, -0.15) is 0 Å². The van der Waals surface area contributed by atoms with Crippen molar-refractivity contribution in [1.82, 2.24) is 0 Å².